The summed E-state index contributed by atoms with van der Waals surface area (Å²) in [6, 6.07) is 6.06. The van der Waals surface area contributed by atoms with Crippen LogP contribution in [-0.2, 0) is 0 Å². The van der Waals surface area contributed by atoms with E-state index in [2.05, 4.69) is 32.6 Å². The van der Waals surface area contributed by atoms with Crippen LogP contribution >= 0.6 is 0 Å². The minimum absolute atomic E-state index is 0.171. The summed E-state index contributed by atoms with van der Waals surface area (Å²) in [5.74, 6) is 0.844. The number of nitrogens with two attached hydrogens (primary N) is 1. The number of rotatable bonds is 7. The monoisotopic (exact) mass is 358 g/mol. The van der Waals surface area contributed by atoms with Crippen molar-refractivity contribution in [2.24, 2.45) is 10.8 Å². The van der Waals surface area contributed by atoms with Crippen LogP contribution in [0.25, 0.3) is 0 Å². The molecule has 2 N–H and O–H groups in total. The molecule has 0 radical (unpaired) electrons. The average molecular weight is 359 g/mol. The van der Waals surface area contributed by atoms with E-state index in [1.54, 1.807) is 6.07 Å². The molecule has 1 aliphatic carbocycles. The number of nitrogens with zero attached hydrogens (tertiary/aromatic N) is 1. The summed E-state index contributed by atoms with van der Waals surface area (Å²) in [7, 11) is 0. The maximum absolute atomic E-state index is 12.7. The second kappa shape index (κ2) is 7.22. The van der Waals surface area contributed by atoms with Gasteiger partial charge in [-0.05, 0) is 54.7 Å². The molecule has 1 aliphatic heterocycles. The van der Waals surface area contributed by atoms with Crippen molar-refractivity contribution in [2.45, 2.75) is 65.8 Å². The highest BCUT2D eigenvalue weighted by atomic mass is 16.5. The molecule has 2 fully saturated rings. The van der Waals surface area contributed by atoms with Gasteiger partial charge in [-0.1, -0.05) is 27.7 Å². The highest BCUT2D eigenvalue weighted by Crippen LogP contribution is 2.52. The number of Topliss-reactive ketones (excluding diaryl/α,β-unsaturated/α-hetero) is 1. The first-order chi connectivity index (χ1) is 12.2. The first kappa shape index (κ1) is 19.2. The zero-order valence-electron chi connectivity index (χ0n) is 16.8. The molecule has 1 aromatic rings. The Hall–Kier alpha value is -1.55. The molecule has 1 aromatic carbocycles. The molecule has 0 amide bonds. The molecular weight excluding hydrogens is 324 g/mol. The maximum Gasteiger partial charge on any atom is 0.164 e. The Morgan fingerprint density at radius 1 is 1.31 bits per heavy atom. The van der Waals surface area contributed by atoms with Crippen molar-refractivity contribution in [1.29, 1.82) is 0 Å². The molecule has 2 unspecified atom stereocenters. The van der Waals surface area contributed by atoms with E-state index in [1.807, 2.05) is 12.1 Å². The number of hydrogen-bond donors (Lipinski definition) is 1. The van der Waals surface area contributed by atoms with Crippen LogP contribution in [0.15, 0.2) is 18.2 Å². The van der Waals surface area contributed by atoms with E-state index in [0.717, 1.165) is 19.5 Å². The Morgan fingerprint density at radius 3 is 2.77 bits per heavy atom. The zero-order chi connectivity index (χ0) is 18.9. The summed E-state index contributed by atoms with van der Waals surface area (Å²) in [5.41, 5.74) is 8.12. The van der Waals surface area contributed by atoms with Gasteiger partial charge >= 0.3 is 0 Å². The van der Waals surface area contributed by atoms with Gasteiger partial charge in [0.05, 0.1) is 12.3 Å². The molecule has 4 heteroatoms. The Bertz CT molecular complexity index is 670. The van der Waals surface area contributed by atoms with Gasteiger partial charge in [0.1, 0.15) is 5.75 Å². The molecule has 1 saturated carbocycles. The molecule has 1 saturated heterocycles. The topological polar surface area (TPSA) is 55.6 Å². The third kappa shape index (κ3) is 4.22. The third-order valence-electron chi connectivity index (χ3n) is 5.94. The zero-order valence-corrected chi connectivity index (χ0v) is 16.8. The number of anilines is 1. The lowest BCUT2D eigenvalue weighted by Gasteiger charge is -2.39. The van der Waals surface area contributed by atoms with Gasteiger partial charge in [-0.2, -0.15) is 0 Å². The van der Waals surface area contributed by atoms with Crippen molar-refractivity contribution in [2.75, 3.05) is 25.4 Å². The molecule has 2 bridgehead atoms. The normalized spacial score (nSPS) is 27.5. The van der Waals surface area contributed by atoms with Crippen molar-refractivity contribution in [3.63, 3.8) is 0 Å². The van der Waals surface area contributed by atoms with Crippen molar-refractivity contribution in [3.05, 3.63) is 23.8 Å². The van der Waals surface area contributed by atoms with Crippen molar-refractivity contribution in [3.8, 4) is 5.75 Å². The van der Waals surface area contributed by atoms with Crippen LogP contribution in [-0.4, -0.2) is 36.4 Å². The van der Waals surface area contributed by atoms with E-state index in [0.29, 0.717) is 46.9 Å². The Kier molecular flexibility index (Phi) is 5.34. The summed E-state index contributed by atoms with van der Waals surface area (Å²) < 4.78 is 5.60. The lowest BCUT2D eigenvalue weighted by Crippen LogP contribution is -2.35. The van der Waals surface area contributed by atoms with Gasteiger partial charge < -0.3 is 10.5 Å². The second-order valence-corrected chi connectivity index (χ2v) is 9.46. The Morgan fingerprint density at radius 2 is 2.08 bits per heavy atom. The highest BCUT2D eigenvalue weighted by molar-refractivity contribution is 5.97. The lowest BCUT2D eigenvalue weighted by atomic mass is 9.65. The molecule has 0 aromatic heterocycles. The molecular formula is C22H34N2O2. The fourth-order valence-corrected chi connectivity index (χ4v) is 5.29. The van der Waals surface area contributed by atoms with Gasteiger partial charge in [-0.15, -0.1) is 0 Å². The number of fused-ring (bicyclic) bond motifs is 2. The first-order valence-electron chi connectivity index (χ1n) is 10.0. The molecule has 3 rings (SSSR count). The van der Waals surface area contributed by atoms with Gasteiger partial charge in [0, 0.05) is 31.1 Å². The summed E-state index contributed by atoms with van der Waals surface area (Å²) in [6.45, 7) is 11.9. The minimum Gasteiger partial charge on any atom is -0.491 e. The van der Waals surface area contributed by atoms with Crippen LogP contribution in [0.2, 0.25) is 0 Å². The molecule has 0 spiro atoms. The number of ketones is 1. The van der Waals surface area contributed by atoms with E-state index < -0.39 is 0 Å². The summed E-state index contributed by atoms with van der Waals surface area (Å²) >= 11 is 0. The van der Waals surface area contributed by atoms with Crippen molar-refractivity contribution >= 4 is 11.5 Å². The van der Waals surface area contributed by atoms with Crippen LogP contribution in [0.1, 0.15) is 70.2 Å². The predicted molar refractivity (Wildman–Crippen MR) is 107 cm³/mol. The number of benzene rings is 1. The smallest absolute Gasteiger partial charge is 0.164 e. The van der Waals surface area contributed by atoms with E-state index in [1.165, 1.54) is 19.3 Å². The van der Waals surface area contributed by atoms with Crippen LogP contribution in [0.5, 0.6) is 5.75 Å². The lowest BCUT2D eigenvalue weighted by molar-refractivity contribution is 0.0954. The molecule has 26 heavy (non-hydrogen) atoms. The van der Waals surface area contributed by atoms with Crippen LogP contribution in [0, 0.1) is 10.8 Å². The number of ether oxygens (including phenoxy) is 1. The van der Waals surface area contributed by atoms with Gasteiger partial charge in [0.15, 0.2) is 5.78 Å². The number of likely N-dealkylation sites (tertiary alicyclic amines) is 1. The SMILES string of the molecule is CCCOc1ccc(C(=O)CCN2CC3(C)CC2CC(C)(C)C3)cc1N. The third-order valence-corrected chi connectivity index (χ3v) is 5.94. The number of hydrogen-bond acceptors (Lipinski definition) is 4. The first-order valence-corrected chi connectivity index (χ1v) is 10.0. The van der Waals surface area contributed by atoms with Crippen molar-refractivity contribution in [1.82, 2.24) is 4.90 Å². The Balaban J connectivity index is 1.59. The minimum atomic E-state index is 0.171. The maximum atomic E-state index is 12.7. The van der Waals surface area contributed by atoms with Gasteiger partial charge in [-0.3, -0.25) is 9.69 Å². The van der Waals surface area contributed by atoms with Gasteiger partial charge in [0.2, 0.25) is 0 Å². The predicted octanol–water partition coefficient (Wildman–Crippen LogP) is 4.53. The summed E-state index contributed by atoms with van der Waals surface area (Å²) in [4.78, 5) is 15.2. The molecule has 1 heterocycles. The van der Waals surface area contributed by atoms with E-state index in [4.69, 9.17) is 10.5 Å². The number of carbonyl (C=O) groups excluding carboxylic acids is 1. The van der Waals surface area contributed by atoms with E-state index >= 15 is 0 Å². The largest absolute Gasteiger partial charge is 0.491 e. The van der Waals surface area contributed by atoms with E-state index in [-0.39, 0.29) is 5.78 Å². The fourth-order valence-electron chi connectivity index (χ4n) is 5.29. The van der Waals surface area contributed by atoms with Crippen molar-refractivity contribution < 1.29 is 9.53 Å². The molecule has 144 valence electrons. The number of nitrogen functional groups attached to an aromatic ring is 1. The average Bonchev–Trinajstić information content (AvgIpc) is 2.79. The standard InChI is InChI=1S/C22H34N2O2/c1-5-10-26-20-7-6-16(11-18(20)23)19(25)8-9-24-15-22(4)13-17(24)12-21(2,3)14-22/h6-7,11,17H,5,8-10,12-15,23H2,1-4H3. The summed E-state index contributed by atoms with van der Waals surface area (Å²) in [5, 5.41) is 0. The van der Waals surface area contributed by atoms with Gasteiger partial charge in [-0.25, -0.2) is 0 Å². The number of carbonyl (C=O) groups is 1. The Labute approximate surface area is 158 Å². The van der Waals surface area contributed by atoms with Gasteiger partial charge in [0.25, 0.3) is 0 Å². The summed E-state index contributed by atoms with van der Waals surface area (Å²) in [6.07, 6.45) is 5.30. The van der Waals surface area contributed by atoms with Crippen LogP contribution in [0.3, 0.4) is 0 Å². The second-order valence-electron chi connectivity index (χ2n) is 9.46. The van der Waals surface area contributed by atoms with Crippen LogP contribution in [0.4, 0.5) is 5.69 Å². The van der Waals surface area contributed by atoms with Crippen LogP contribution < -0.4 is 10.5 Å². The quantitative estimate of drug-likeness (QED) is 0.575. The molecule has 2 aliphatic rings. The fraction of sp³-hybridized carbons (Fsp3) is 0.682. The molecule has 2 atom stereocenters. The molecule has 4 nitrogen and oxygen atoms in total. The van der Waals surface area contributed by atoms with E-state index in [9.17, 15) is 4.79 Å². The highest BCUT2D eigenvalue weighted by Gasteiger charge is 2.49.